The number of carbonyl (C=O) groups is 3. The van der Waals surface area contributed by atoms with Gasteiger partial charge in [0, 0.05) is 12.3 Å². The molecule has 25 heavy (non-hydrogen) atoms. The van der Waals surface area contributed by atoms with Gasteiger partial charge in [-0.15, -0.1) is 0 Å². The van der Waals surface area contributed by atoms with Crippen LogP contribution in [0.5, 0.6) is 0 Å². The summed E-state index contributed by atoms with van der Waals surface area (Å²) in [5.74, 6) is -1.90. The molecule has 0 saturated carbocycles. The summed E-state index contributed by atoms with van der Waals surface area (Å²) < 4.78 is 0. The Morgan fingerprint density at radius 2 is 1.92 bits per heavy atom. The predicted molar refractivity (Wildman–Crippen MR) is 95.7 cm³/mol. The van der Waals surface area contributed by atoms with Crippen molar-refractivity contribution >= 4 is 23.6 Å². The number of barbiturate groups is 1. The number of quaternary nitrogens is 1. The molecule has 2 N–H and O–H groups in total. The largest absolute Gasteiger partial charge is 0.333 e. The van der Waals surface area contributed by atoms with Gasteiger partial charge in [-0.3, -0.25) is 24.8 Å². The van der Waals surface area contributed by atoms with Gasteiger partial charge >= 0.3 is 6.03 Å². The molecule has 2 aliphatic heterocycles. The van der Waals surface area contributed by atoms with E-state index in [1.807, 2.05) is 13.8 Å². The lowest BCUT2D eigenvalue weighted by atomic mass is 9.96. The van der Waals surface area contributed by atoms with Crippen molar-refractivity contribution < 1.29 is 19.3 Å². The van der Waals surface area contributed by atoms with Crippen LogP contribution in [0, 0.1) is 5.92 Å². The Kier molecular flexibility index (Phi) is 7.55. The number of amides is 4. The first-order chi connectivity index (χ1) is 12.1. The Morgan fingerprint density at radius 1 is 1.20 bits per heavy atom. The number of hydrogen-bond acceptors (Lipinski definition) is 4. The molecule has 0 bridgehead atoms. The van der Waals surface area contributed by atoms with Crippen molar-refractivity contribution in [2.45, 2.75) is 52.4 Å². The van der Waals surface area contributed by atoms with Crippen molar-refractivity contribution in [1.82, 2.24) is 10.2 Å². The number of imide groups is 2. The van der Waals surface area contributed by atoms with Crippen molar-refractivity contribution in [3.63, 3.8) is 0 Å². The fourth-order valence-electron chi connectivity index (χ4n) is 3.50. The highest BCUT2D eigenvalue weighted by Gasteiger charge is 2.42. The minimum atomic E-state index is -0.948. The van der Waals surface area contributed by atoms with Gasteiger partial charge in [-0.2, -0.15) is 0 Å². The summed E-state index contributed by atoms with van der Waals surface area (Å²) >= 11 is 0. The highest BCUT2D eigenvalue weighted by Crippen LogP contribution is 2.15. The molecule has 0 radical (unpaired) electrons. The average molecular weight is 351 g/mol. The molecule has 0 aromatic carbocycles. The number of unbranched alkanes of at least 4 members (excludes halogenated alkanes) is 1. The fraction of sp³-hybridized carbons (Fsp3) is 0.778. The zero-order valence-electron chi connectivity index (χ0n) is 15.5. The van der Waals surface area contributed by atoms with Gasteiger partial charge in [0.05, 0.1) is 26.2 Å². The monoisotopic (exact) mass is 351 g/mol. The Bertz CT molecular complexity index is 526. The Labute approximate surface area is 149 Å². The van der Waals surface area contributed by atoms with Crippen molar-refractivity contribution in [3.05, 3.63) is 0 Å². The normalized spacial score (nSPS) is 23.1. The van der Waals surface area contributed by atoms with E-state index in [4.69, 9.17) is 0 Å². The quantitative estimate of drug-likeness (QED) is 0.490. The number of nitrogens with one attached hydrogen (secondary N) is 2. The lowest BCUT2D eigenvalue weighted by Crippen LogP contribution is -3.13. The maximum absolute atomic E-state index is 12.7. The summed E-state index contributed by atoms with van der Waals surface area (Å²) in [5, 5.41) is 2.31. The summed E-state index contributed by atoms with van der Waals surface area (Å²) in [4.78, 5) is 44.1. The molecule has 2 heterocycles. The molecule has 2 fully saturated rings. The highest BCUT2D eigenvalue weighted by atomic mass is 16.2. The van der Waals surface area contributed by atoms with E-state index in [9.17, 15) is 14.4 Å². The minimum Gasteiger partial charge on any atom is -0.333 e. The van der Waals surface area contributed by atoms with Gasteiger partial charge in [0.15, 0.2) is 5.92 Å². The fourth-order valence-corrected chi connectivity index (χ4v) is 3.50. The maximum Gasteiger partial charge on any atom is 0.330 e. The first-order valence-electron chi connectivity index (χ1n) is 9.61. The molecule has 140 valence electrons. The van der Waals surface area contributed by atoms with Crippen LogP contribution in [0.3, 0.4) is 0 Å². The van der Waals surface area contributed by atoms with Crippen molar-refractivity contribution in [1.29, 1.82) is 0 Å². The number of urea groups is 1. The lowest BCUT2D eigenvalue weighted by molar-refractivity contribution is -0.903. The van der Waals surface area contributed by atoms with Crippen molar-refractivity contribution in [3.8, 4) is 0 Å². The second kappa shape index (κ2) is 9.65. The molecule has 1 atom stereocenters. The summed E-state index contributed by atoms with van der Waals surface area (Å²) in [6.07, 6.45) is 5.98. The zero-order valence-corrected chi connectivity index (χ0v) is 15.5. The smallest absolute Gasteiger partial charge is 0.330 e. The zero-order chi connectivity index (χ0) is 18.2. The molecular weight excluding hydrogens is 320 g/mol. The third-order valence-electron chi connectivity index (χ3n) is 5.02. The summed E-state index contributed by atoms with van der Waals surface area (Å²) in [6, 6.07) is -0.604. The van der Waals surface area contributed by atoms with Crippen LogP contribution in [-0.4, -0.2) is 61.2 Å². The van der Waals surface area contributed by atoms with Crippen LogP contribution in [0.2, 0.25) is 0 Å². The van der Waals surface area contributed by atoms with E-state index in [0.29, 0.717) is 25.2 Å². The molecule has 2 rings (SSSR count). The molecule has 7 heteroatoms. The molecule has 2 saturated heterocycles. The van der Waals surface area contributed by atoms with E-state index in [-0.39, 0.29) is 0 Å². The van der Waals surface area contributed by atoms with Crippen LogP contribution >= 0.6 is 0 Å². The van der Waals surface area contributed by atoms with Crippen LogP contribution in [-0.2, 0) is 9.59 Å². The van der Waals surface area contributed by atoms with E-state index >= 15 is 0 Å². The van der Waals surface area contributed by atoms with Crippen LogP contribution in [0.4, 0.5) is 4.79 Å². The lowest BCUT2D eigenvalue weighted by Gasteiger charge is -2.30. The van der Waals surface area contributed by atoms with E-state index in [1.165, 1.54) is 32.4 Å². The number of hydrogen-bond donors (Lipinski definition) is 2. The number of likely N-dealkylation sites (tertiary alicyclic amines) is 1. The van der Waals surface area contributed by atoms with Gasteiger partial charge in [0.25, 0.3) is 0 Å². The Hall–Kier alpha value is -1.76. The molecule has 0 aliphatic carbocycles. The summed E-state index contributed by atoms with van der Waals surface area (Å²) in [5.41, 5.74) is 0.591. The second-order valence-corrected chi connectivity index (χ2v) is 6.86. The molecule has 2 aliphatic rings. The summed E-state index contributed by atoms with van der Waals surface area (Å²) in [6.45, 7) is 8.16. The topological polar surface area (TPSA) is 83.3 Å². The van der Waals surface area contributed by atoms with E-state index in [0.717, 1.165) is 24.3 Å². The van der Waals surface area contributed by atoms with E-state index in [2.05, 4.69) is 10.3 Å². The van der Waals surface area contributed by atoms with Crippen LogP contribution in [0.1, 0.15) is 52.4 Å². The molecule has 0 aromatic rings. The van der Waals surface area contributed by atoms with Crippen molar-refractivity contribution in [2.24, 2.45) is 10.9 Å². The van der Waals surface area contributed by atoms with Gasteiger partial charge in [-0.25, -0.2) is 4.79 Å². The molecular formula is C18H31N4O3+. The minimum absolute atomic E-state index is 0.347. The molecule has 7 nitrogen and oxygen atoms in total. The van der Waals surface area contributed by atoms with E-state index in [1.54, 1.807) is 4.90 Å². The van der Waals surface area contributed by atoms with E-state index < -0.39 is 23.8 Å². The van der Waals surface area contributed by atoms with Gasteiger partial charge in [-0.05, 0) is 32.1 Å². The van der Waals surface area contributed by atoms with Gasteiger partial charge < -0.3 is 4.90 Å². The number of piperidine rings is 1. The number of rotatable bonds is 8. The van der Waals surface area contributed by atoms with Crippen LogP contribution in [0.25, 0.3) is 0 Å². The predicted octanol–water partition coefficient (Wildman–Crippen LogP) is 0.401. The number of aliphatic imine (C=N–C) groups is 1. The van der Waals surface area contributed by atoms with Gasteiger partial charge in [0.1, 0.15) is 0 Å². The van der Waals surface area contributed by atoms with Gasteiger partial charge in [-0.1, -0.05) is 20.3 Å². The van der Waals surface area contributed by atoms with Crippen LogP contribution < -0.4 is 10.2 Å². The third kappa shape index (κ3) is 5.11. The standard InChI is InChI=1S/C18H30N4O3/c1-3-5-12-22-17(24)15(16(23)20-18(22)25)14(4-2)19-9-13-21-10-7-6-8-11-21/h15H,3-13H2,1-2H3,(H,20,23,25)/p+1/t15-/m1/s1. The average Bonchev–Trinajstić information content (AvgIpc) is 2.61. The highest BCUT2D eigenvalue weighted by molar-refractivity contribution is 6.27. The summed E-state index contributed by atoms with van der Waals surface area (Å²) in [7, 11) is 0. The Balaban J connectivity index is 2.02. The first kappa shape index (κ1) is 19.6. The molecule has 0 unspecified atom stereocenters. The maximum atomic E-state index is 12.7. The Morgan fingerprint density at radius 3 is 2.56 bits per heavy atom. The molecule has 4 amide bonds. The molecule has 0 spiro atoms. The van der Waals surface area contributed by atoms with Gasteiger partial charge in [0.2, 0.25) is 11.8 Å². The van der Waals surface area contributed by atoms with Crippen LogP contribution in [0.15, 0.2) is 4.99 Å². The number of nitrogens with zero attached hydrogens (tertiary/aromatic N) is 2. The SMILES string of the molecule is CCCCN1C(=O)NC(=O)[C@@H](C(CC)=NCC[NH+]2CCCCC2)C1=O. The second-order valence-electron chi connectivity index (χ2n) is 6.86. The van der Waals surface area contributed by atoms with Crippen molar-refractivity contribution in [2.75, 3.05) is 32.7 Å². The number of carbonyl (C=O) groups excluding carboxylic acids is 3. The molecule has 0 aromatic heterocycles. The third-order valence-corrected chi connectivity index (χ3v) is 5.02. The first-order valence-corrected chi connectivity index (χ1v) is 9.61.